The number of halogens is 1. The number of carbonyl (C=O) groups excluding carboxylic acids is 1. The molecule has 0 aliphatic rings. The highest BCUT2D eigenvalue weighted by Crippen LogP contribution is 2.28. The SMILES string of the molecule is CCCOc1ccc(C(=O)NC(CF)C(=O)O)cc1OCC. The smallest absolute Gasteiger partial charge is 0.328 e. The van der Waals surface area contributed by atoms with Gasteiger partial charge in [0, 0.05) is 5.56 Å². The van der Waals surface area contributed by atoms with Crippen molar-refractivity contribution in [3.05, 3.63) is 23.8 Å². The van der Waals surface area contributed by atoms with Crippen LogP contribution in [-0.4, -0.2) is 42.9 Å². The summed E-state index contributed by atoms with van der Waals surface area (Å²) in [5, 5.41) is 10.9. The number of rotatable bonds is 9. The zero-order valence-corrected chi connectivity index (χ0v) is 12.6. The quantitative estimate of drug-likeness (QED) is 0.728. The Bertz CT molecular complexity index is 521. The first-order valence-corrected chi connectivity index (χ1v) is 7.02. The van der Waals surface area contributed by atoms with Crippen LogP contribution in [0.1, 0.15) is 30.6 Å². The van der Waals surface area contributed by atoms with Crippen LogP contribution in [0.15, 0.2) is 18.2 Å². The summed E-state index contributed by atoms with van der Waals surface area (Å²) in [6.45, 7) is 3.46. The van der Waals surface area contributed by atoms with Gasteiger partial charge >= 0.3 is 5.97 Å². The fraction of sp³-hybridized carbons (Fsp3) is 0.467. The summed E-state index contributed by atoms with van der Waals surface area (Å²) in [5.41, 5.74) is 0.173. The van der Waals surface area contributed by atoms with Gasteiger partial charge in [0.05, 0.1) is 13.2 Å². The molecule has 0 aromatic heterocycles. The van der Waals surface area contributed by atoms with E-state index in [4.69, 9.17) is 14.6 Å². The van der Waals surface area contributed by atoms with E-state index in [1.807, 2.05) is 6.92 Å². The predicted octanol–water partition coefficient (Wildman–Crippen LogP) is 2.03. The standard InChI is InChI=1S/C15H20FNO5/c1-3-7-22-12-6-5-10(8-13(12)21-4-2)14(18)17-11(9-16)15(19)20/h5-6,8,11H,3-4,7,9H2,1-2H3,(H,17,18)(H,19,20). The van der Waals surface area contributed by atoms with Crippen LogP contribution in [0, 0.1) is 0 Å². The van der Waals surface area contributed by atoms with Gasteiger partial charge in [0.1, 0.15) is 6.67 Å². The van der Waals surface area contributed by atoms with E-state index in [1.54, 1.807) is 13.0 Å². The lowest BCUT2D eigenvalue weighted by Gasteiger charge is -2.14. The highest BCUT2D eigenvalue weighted by Gasteiger charge is 2.21. The lowest BCUT2D eigenvalue weighted by atomic mass is 10.1. The Morgan fingerprint density at radius 3 is 2.55 bits per heavy atom. The van der Waals surface area contributed by atoms with Gasteiger partial charge in [0.15, 0.2) is 17.5 Å². The zero-order chi connectivity index (χ0) is 16.5. The number of carbonyl (C=O) groups is 2. The van der Waals surface area contributed by atoms with Crippen molar-refractivity contribution in [2.75, 3.05) is 19.9 Å². The zero-order valence-electron chi connectivity index (χ0n) is 12.6. The average molecular weight is 313 g/mol. The minimum Gasteiger partial charge on any atom is -0.490 e. The van der Waals surface area contributed by atoms with Crippen LogP contribution in [0.5, 0.6) is 11.5 Å². The van der Waals surface area contributed by atoms with Crippen molar-refractivity contribution in [3.8, 4) is 11.5 Å². The van der Waals surface area contributed by atoms with Gasteiger partial charge in [0.25, 0.3) is 5.91 Å². The number of carboxylic acids is 1. The fourth-order valence-electron chi connectivity index (χ4n) is 1.66. The van der Waals surface area contributed by atoms with Crippen LogP contribution in [-0.2, 0) is 4.79 Å². The summed E-state index contributed by atoms with van der Waals surface area (Å²) in [6, 6.07) is 2.92. The Morgan fingerprint density at radius 2 is 2.00 bits per heavy atom. The molecule has 0 saturated carbocycles. The Labute approximate surface area is 128 Å². The van der Waals surface area contributed by atoms with Gasteiger partial charge in [-0.25, -0.2) is 9.18 Å². The first kappa shape index (κ1) is 17.7. The molecule has 0 aliphatic carbocycles. The van der Waals surface area contributed by atoms with Gasteiger partial charge in [-0.2, -0.15) is 0 Å². The molecule has 0 bridgehead atoms. The number of hydrogen-bond acceptors (Lipinski definition) is 4. The van der Waals surface area contributed by atoms with E-state index in [-0.39, 0.29) is 5.56 Å². The predicted molar refractivity (Wildman–Crippen MR) is 78.3 cm³/mol. The maximum Gasteiger partial charge on any atom is 0.328 e. The molecule has 0 aliphatic heterocycles. The van der Waals surface area contributed by atoms with E-state index in [0.29, 0.717) is 24.7 Å². The number of hydrogen-bond donors (Lipinski definition) is 2. The summed E-state index contributed by atoms with van der Waals surface area (Å²) in [4.78, 5) is 22.7. The van der Waals surface area contributed by atoms with Gasteiger partial charge in [-0.05, 0) is 31.5 Å². The molecular weight excluding hydrogens is 293 g/mol. The maximum absolute atomic E-state index is 12.5. The highest BCUT2D eigenvalue weighted by atomic mass is 19.1. The van der Waals surface area contributed by atoms with Crippen molar-refractivity contribution < 1.29 is 28.6 Å². The first-order valence-electron chi connectivity index (χ1n) is 7.02. The number of aliphatic carboxylic acids is 1. The van der Waals surface area contributed by atoms with E-state index in [9.17, 15) is 14.0 Å². The van der Waals surface area contributed by atoms with Crippen LogP contribution in [0.3, 0.4) is 0 Å². The number of benzene rings is 1. The fourth-order valence-corrected chi connectivity index (χ4v) is 1.66. The molecule has 6 nitrogen and oxygen atoms in total. The van der Waals surface area contributed by atoms with Crippen LogP contribution in [0.2, 0.25) is 0 Å². The second-order valence-electron chi connectivity index (χ2n) is 4.46. The minimum absolute atomic E-state index is 0.173. The van der Waals surface area contributed by atoms with Crippen molar-refractivity contribution in [1.82, 2.24) is 5.32 Å². The third-order valence-corrected chi connectivity index (χ3v) is 2.73. The molecule has 1 aromatic rings. The molecule has 122 valence electrons. The van der Waals surface area contributed by atoms with Gasteiger partial charge < -0.3 is 19.9 Å². The lowest BCUT2D eigenvalue weighted by Crippen LogP contribution is -2.42. The Balaban J connectivity index is 2.92. The van der Waals surface area contributed by atoms with Crippen molar-refractivity contribution in [2.45, 2.75) is 26.3 Å². The highest BCUT2D eigenvalue weighted by molar-refractivity contribution is 5.97. The molecule has 2 N–H and O–H groups in total. The molecule has 1 rings (SSSR count). The molecule has 1 atom stereocenters. The summed E-state index contributed by atoms with van der Waals surface area (Å²) < 4.78 is 23.5. The third kappa shape index (κ3) is 4.91. The topological polar surface area (TPSA) is 84.9 Å². The summed E-state index contributed by atoms with van der Waals surface area (Å²) in [7, 11) is 0. The number of carboxylic acid groups (broad SMARTS) is 1. The van der Waals surface area contributed by atoms with Crippen molar-refractivity contribution in [3.63, 3.8) is 0 Å². The van der Waals surface area contributed by atoms with Crippen LogP contribution in [0.25, 0.3) is 0 Å². The average Bonchev–Trinajstić information content (AvgIpc) is 2.51. The Kier molecular flexibility index (Phi) is 7.15. The number of nitrogens with one attached hydrogen (secondary N) is 1. The Hall–Kier alpha value is -2.31. The second kappa shape index (κ2) is 8.86. The van der Waals surface area contributed by atoms with E-state index < -0.39 is 24.6 Å². The van der Waals surface area contributed by atoms with Crippen molar-refractivity contribution in [2.24, 2.45) is 0 Å². The van der Waals surface area contributed by atoms with E-state index in [0.717, 1.165) is 6.42 Å². The molecule has 1 aromatic carbocycles. The van der Waals surface area contributed by atoms with Gasteiger partial charge in [-0.15, -0.1) is 0 Å². The van der Waals surface area contributed by atoms with Crippen LogP contribution >= 0.6 is 0 Å². The molecule has 22 heavy (non-hydrogen) atoms. The molecule has 1 amide bonds. The van der Waals surface area contributed by atoms with E-state index >= 15 is 0 Å². The molecule has 7 heteroatoms. The van der Waals surface area contributed by atoms with Gasteiger partial charge in [-0.1, -0.05) is 6.92 Å². The van der Waals surface area contributed by atoms with Gasteiger partial charge in [0.2, 0.25) is 0 Å². The van der Waals surface area contributed by atoms with Crippen LogP contribution < -0.4 is 14.8 Å². The minimum atomic E-state index is -1.57. The third-order valence-electron chi connectivity index (χ3n) is 2.73. The van der Waals surface area contributed by atoms with Gasteiger partial charge in [-0.3, -0.25) is 4.79 Å². The summed E-state index contributed by atoms with van der Waals surface area (Å²) >= 11 is 0. The molecular formula is C15H20FNO5. The molecule has 0 fully saturated rings. The molecule has 1 unspecified atom stereocenters. The van der Waals surface area contributed by atoms with Crippen molar-refractivity contribution in [1.29, 1.82) is 0 Å². The second-order valence-corrected chi connectivity index (χ2v) is 4.46. The number of alkyl halides is 1. The van der Waals surface area contributed by atoms with E-state index in [2.05, 4.69) is 5.32 Å². The molecule has 0 saturated heterocycles. The first-order chi connectivity index (χ1) is 10.5. The molecule has 0 spiro atoms. The summed E-state index contributed by atoms with van der Waals surface area (Å²) in [5.74, 6) is -1.23. The Morgan fingerprint density at radius 1 is 1.27 bits per heavy atom. The van der Waals surface area contributed by atoms with Crippen molar-refractivity contribution >= 4 is 11.9 Å². The number of ether oxygens (including phenoxy) is 2. The van der Waals surface area contributed by atoms with E-state index in [1.165, 1.54) is 12.1 Å². The monoisotopic (exact) mass is 313 g/mol. The normalized spacial score (nSPS) is 11.6. The largest absolute Gasteiger partial charge is 0.490 e. The number of amides is 1. The molecule has 0 heterocycles. The molecule has 0 radical (unpaired) electrons. The summed E-state index contributed by atoms with van der Waals surface area (Å²) in [6.07, 6.45) is 0.824. The van der Waals surface area contributed by atoms with Crippen LogP contribution in [0.4, 0.5) is 4.39 Å². The lowest BCUT2D eigenvalue weighted by molar-refractivity contribution is -0.139. The maximum atomic E-state index is 12.5.